The second kappa shape index (κ2) is 7.22. The van der Waals surface area contributed by atoms with Crippen LogP contribution in [0.15, 0.2) is 48.8 Å². The van der Waals surface area contributed by atoms with Gasteiger partial charge in [-0.05, 0) is 24.5 Å². The van der Waals surface area contributed by atoms with E-state index < -0.39 is 5.60 Å². The van der Waals surface area contributed by atoms with E-state index in [1.54, 1.807) is 11.3 Å². The molecule has 0 radical (unpaired) electrons. The average molecular weight is 430 g/mol. The maximum Gasteiger partial charge on any atom is 0.139 e. The lowest BCUT2D eigenvalue weighted by molar-refractivity contribution is -0.152. The molecule has 1 saturated heterocycles. The Morgan fingerprint density at radius 3 is 2.69 bits per heavy atom. The van der Waals surface area contributed by atoms with Crippen molar-refractivity contribution in [3.05, 3.63) is 74.7 Å². The topological polar surface area (TPSA) is 50.5 Å². The van der Waals surface area contributed by atoms with E-state index in [0.29, 0.717) is 4.34 Å². The number of rotatable bonds is 3. The van der Waals surface area contributed by atoms with Crippen molar-refractivity contribution in [3.8, 4) is 0 Å². The van der Waals surface area contributed by atoms with E-state index in [-0.39, 0.29) is 12.2 Å². The van der Waals surface area contributed by atoms with Gasteiger partial charge in [-0.25, -0.2) is 0 Å². The van der Waals surface area contributed by atoms with Crippen molar-refractivity contribution in [2.45, 2.75) is 30.6 Å². The van der Waals surface area contributed by atoms with Gasteiger partial charge in [0, 0.05) is 48.9 Å². The average Bonchev–Trinajstić information content (AvgIpc) is 3.34. The first-order valence-corrected chi connectivity index (χ1v) is 11.1. The van der Waals surface area contributed by atoms with Crippen LogP contribution in [-0.2, 0) is 29.5 Å². The molecule has 7 heteroatoms. The Morgan fingerprint density at radius 1 is 1.24 bits per heavy atom. The molecule has 2 aliphatic heterocycles. The summed E-state index contributed by atoms with van der Waals surface area (Å²) in [5.74, 6) is 0. The largest absolute Gasteiger partial charge is 0.378 e. The number of halogens is 1. The predicted octanol–water partition coefficient (Wildman–Crippen LogP) is 3.89. The third-order valence-electron chi connectivity index (χ3n) is 6.20. The maximum atomic E-state index is 11.6. The fourth-order valence-corrected chi connectivity index (χ4v) is 6.10. The van der Waals surface area contributed by atoms with Crippen molar-refractivity contribution in [1.29, 1.82) is 0 Å². The Balaban J connectivity index is 1.41. The number of benzene rings is 1. The predicted molar refractivity (Wildman–Crippen MR) is 114 cm³/mol. The molecule has 1 N–H and O–H groups in total. The summed E-state index contributed by atoms with van der Waals surface area (Å²) in [4.78, 5) is 3.53. The number of hydrogen-bond acceptors (Lipinski definition) is 5. The summed E-state index contributed by atoms with van der Waals surface area (Å²) in [5.41, 5.74) is 1.47. The SMILES string of the molecule is Cn1cc(CN2CCC3(CC2)OCC(O)(c2ccccc2)c2cc(Cl)sc23)cn1. The second-order valence-corrected chi connectivity index (χ2v) is 9.78. The van der Waals surface area contributed by atoms with Gasteiger partial charge in [-0.3, -0.25) is 9.58 Å². The van der Waals surface area contributed by atoms with Gasteiger partial charge >= 0.3 is 0 Å². The van der Waals surface area contributed by atoms with Crippen LogP contribution in [0.25, 0.3) is 0 Å². The van der Waals surface area contributed by atoms with Gasteiger partial charge in [-0.1, -0.05) is 41.9 Å². The van der Waals surface area contributed by atoms with Gasteiger partial charge in [0.1, 0.15) is 11.2 Å². The number of thiophene rings is 1. The molecule has 2 aliphatic rings. The van der Waals surface area contributed by atoms with Crippen LogP contribution in [0.5, 0.6) is 0 Å². The van der Waals surface area contributed by atoms with Crippen LogP contribution < -0.4 is 0 Å². The Hall–Kier alpha value is -1.70. The van der Waals surface area contributed by atoms with E-state index in [2.05, 4.69) is 16.2 Å². The molecule has 1 unspecified atom stereocenters. The lowest BCUT2D eigenvalue weighted by atomic mass is 9.77. The van der Waals surface area contributed by atoms with E-state index in [9.17, 15) is 5.11 Å². The number of aliphatic hydroxyl groups is 1. The molecule has 152 valence electrons. The minimum absolute atomic E-state index is 0.250. The van der Waals surface area contributed by atoms with Crippen LogP contribution in [0.3, 0.4) is 0 Å². The highest BCUT2D eigenvalue weighted by atomic mass is 35.5. The van der Waals surface area contributed by atoms with Gasteiger partial charge in [-0.2, -0.15) is 5.10 Å². The highest BCUT2D eigenvalue weighted by molar-refractivity contribution is 7.16. The Bertz CT molecular complexity index is 1010. The van der Waals surface area contributed by atoms with Gasteiger partial charge in [0.25, 0.3) is 0 Å². The summed E-state index contributed by atoms with van der Waals surface area (Å²) < 4.78 is 9.02. The van der Waals surface area contributed by atoms with E-state index in [0.717, 1.165) is 48.5 Å². The molecule has 0 aliphatic carbocycles. The molecule has 5 nitrogen and oxygen atoms in total. The standard InChI is InChI=1S/C22H24ClN3O2S/c1-25-13-16(12-24-25)14-26-9-7-21(8-10-26)20-18(11-19(23)29-20)22(27,15-28-21)17-5-3-2-4-6-17/h2-6,11-13,27H,7-10,14-15H2,1H3. The monoisotopic (exact) mass is 429 g/mol. The zero-order valence-corrected chi connectivity index (χ0v) is 17.9. The first-order valence-electron chi connectivity index (χ1n) is 9.91. The number of likely N-dealkylation sites (tertiary alicyclic amines) is 1. The van der Waals surface area contributed by atoms with Crippen LogP contribution in [0.2, 0.25) is 4.34 Å². The molecule has 2 aromatic heterocycles. The van der Waals surface area contributed by atoms with E-state index >= 15 is 0 Å². The molecule has 1 atom stereocenters. The Morgan fingerprint density at radius 2 is 2.00 bits per heavy atom. The normalized spacial score (nSPS) is 24.0. The van der Waals surface area contributed by atoms with Gasteiger partial charge in [0.15, 0.2) is 0 Å². The molecule has 0 bridgehead atoms. The minimum Gasteiger partial charge on any atom is -0.378 e. The summed E-state index contributed by atoms with van der Waals surface area (Å²) >= 11 is 7.99. The summed E-state index contributed by atoms with van der Waals surface area (Å²) in [6.45, 7) is 3.02. The van der Waals surface area contributed by atoms with Crippen LogP contribution in [0.1, 0.15) is 34.4 Å². The van der Waals surface area contributed by atoms with Crippen molar-refractivity contribution in [1.82, 2.24) is 14.7 Å². The molecule has 0 amide bonds. The van der Waals surface area contributed by atoms with Gasteiger partial charge < -0.3 is 9.84 Å². The quantitative estimate of drug-likeness (QED) is 0.686. The van der Waals surface area contributed by atoms with Crippen molar-refractivity contribution < 1.29 is 9.84 Å². The Kier molecular flexibility index (Phi) is 4.80. The van der Waals surface area contributed by atoms with Crippen LogP contribution >= 0.6 is 22.9 Å². The van der Waals surface area contributed by atoms with Gasteiger partial charge in [0.2, 0.25) is 0 Å². The third-order valence-corrected chi connectivity index (χ3v) is 7.65. The van der Waals surface area contributed by atoms with Crippen molar-refractivity contribution in [2.24, 2.45) is 7.05 Å². The molecule has 1 spiro atoms. The van der Waals surface area contributed by atoms with Crippen molar-refractivity contribution >= 4 is 22.9 Å². The lowest BCUT2D eigenvalue weighted by Gasteiger charge is -2.47. The highest BCUT2D eigenvalue weighted by Gasteiger charge is 2.50. The van der Waals surface area contributed by atoms with Gasteiger partial charge in [0.05, 0.1) is 17.1 Å². The smallest absolute Gasteiger partial charge is 0.139 e. The molecule has 1 aromatic carbocycles. The number of hydrogen-bond donors (Lipinski definition) is 1. The molecular formula is C22H24ClN3O2S. The highest BCUT2D eigenvalue weighted by Crippen LogP contribution is 2.52. The first kappa shape index (κ1) is 19.3. The zero-order valence-electron chi connectivity index (χ0n) is 16.3. The number of nitrogens with zero attached hydrogens (tertiary/aromatic N) is 3. The van der Waals surface area contributed by atoms with Crippen molar-refractivity contribution in [3.63, 3.8) is 0 Å². The minimum atomic E-state index is -1.15. The molecular weight excluding hydrogens is 406 g/mol. The molecule has 1 fully saturated rings. The lowest BCUT2D eigenvalue weighted by Crippen LogP contribution is -2.50. The number of aryl methyl sites for hydroxylation is 1. The maximum absolute atomic E-state index is 11.6. The zero-order chi connectivity index (χ0) is 20.1. The summed E-state index contributed by atoms with van der Waals surface area (Å²) in [6.07, 6.45) is 5.78. The Labute approximate surface area is 179 Å². The fourth-order valence-electron chi connectivity index (χ4n) is 4.60. The van der Waals surface area contributed by atoms with E-state index in [1.165, 1.54) is 5.56 Å². The van der Waals surface area contributed by atoms with E-state index in [4.69, 9.17) is 16.3 Å². The molecule has 0 saturated carbocycles. The number of ether oxygens (including phenoxy) is 1. The summed E-state index contributed by atoms with van der Waals surface area (Å²) in [6, 6.07) is 11.7. The summed E-state index contributed by atoms with van der Waals surface area (Å²) in [7, 11) is 1.94. The number of fused-ring (bicyclic) bond motifs is 2. The van der Waals surface area contributed by atoms with Crippen LogP contribution in [-0.4, -0.2) is 39.5 Å². The molecule has 29 heavy (non-hydrogen) atoms. The summed E-state index contributed by atoms with van der Waals surface area (Å²) in [5, 5.41) is 15.8. The van der Waals surface area contributed by atoms with Gasteiger partial charge in [-0.15, -0.1) is 11.3 Å². The number of piperidine rings is 1. The van der Waals surface area contributed by atoms with Crippen molar-refractivity contribution in [2.75, 3.05) is 19.7 Å². The molecule has 5 rings (SSSR count). The first-order chi connectivity index (χ1) is 14.0. The third kappa shape index (κ3) is 3.33. The van der Waals surface area contributed by atoms with Crippen LogP contribution in [0, 0.1) is 0 Å². The van der Waals surface area contributed by atoms with Crippen LogP contribution in [0.4, 0.5) is 0 Å². The molecule has 4 heterocycles. The molecule has 3 aromatic rings. The fraction of sp³-hybridized carbons (Fsp3) is 0.409. The second-order valence-electron chi connectivity index (χ2n) is 8.10. The number of aromatic nitrogens is 2. The van der Waals surface area contributed by atoms with E-state index in [1.807, 2.05) is 54.3 Å².